The number of halogens is 3. The average Bonchev–Trinajstić information content (AvgIpc) is 2.95. The molecular weight excluding hydrogens is 285 g/mol. The summed E-state index contributed by atoms with van der Waals surface area (Å²) in [5, 5.41) is 5.43. The minimum atomic E-state index is -4.57. The molecule has 0 atom stereocenters. The van der Waals surface area contributed by atoms with Gasteiger partial charge in [0.2, 0.25) is 5.82 Å². The van der Waals surface area contributed by atoms with Crippen LogP contribution < -0.4 is 10.6 Å². The highest BCUT2D eigenvalue weighted by Crippen LogP contribution is 2.28. The smallest absolute Gasteiger partial charge is 0.376 e. The van der Waals surface area contributed by atoms with Crippen LogP contribution in [0.15, 0.2) is 6.07 Å². The largest absolute Gasteiger partial charge is 0.451 e. The molecule has 0 spiro atoms. The van der Waals surface area contributed by atoms with Crippen molar-refractivity contribution >= 4 is 11.6 Å². The minimum Gasteiger partial charge on any atom is -0.376 e. The Labute approximate surface area is 121 Å². The van der Waals surface area contributed by atoms with Crippen LogP contribution in [0.4, 0.5) is 24.8 Å². The second kappa shape index (κ2) is 6.93. The fourth-order valence-corrected chi connectivity index (χ4v) is 2.25. The number of nitrogens with zero attached hydrogens (tertiary/aromatic N) is 2. The van der Waals surface area contributed by atoms with E-state index in [1.54, 1.807) is 0 Å². The highest BCUT2D eigenvalue weighted by Gasteiger charge is 2.35. The number of nitrogens with one attached hydrogen (secondary N) is 2. The summed E-state index contributed by atoms with van der Waals surface area (Å²) >= 11 is 0. The van der Waals surface area contributed by atoms with Crippen LogP contribution in [0.2, 0.25) is 0 Å². The number of anilines is 2. The molecule has 0 aliphatic heterocycles. The summed E-state index contributed by atoms with van der Waals surface area (Å²) in [6, 6.07) is 1.44. The third-order valence-corrected chi connectivity index (χ3v) is 3.30. The Morgan fingerprint density at radius 2 is 1.90 bits per heavy atom. The van der Waals surface area contributed by atoms with E-state index in [1.807, 2.05) is 0 Å². The van der Waals surface area contributed by atoms with E-state index in [0.717, 1.165) is 12.8 Å². The molecule has 118 valence electrons. The van der Waals surface area contributed by atoms with Crippen molar-refractivity contribution < 1.29 is 17.9 Å². The molecule has 0 saturated heterocycles. The SMILES string of the molecule is CNc1cc(NCCOC2CCCC2)nc(C(F)(F)F)n1. The lowest BCUT2D eigenvalue weighted by molar-refractivity contribution is -0.144. The zero-order valence-electron chi connectivity index (χ0n) is 11.8. The monoisotopic (exact) mass is 304 g/mol. The Bertz CT molecular complexity index is 461. The number of ether oxygens (including phenoxy) is 1. The average molecular weight is 304 g/mol. The number of aromatic nitrogens is 2. The van der Waals surface area contributed by atoms with Crippen molar-refractivity contribution in [3.63, 3.8) is 0 Å². The minimum absolute atomic E-state index is 0.122. The third-order valence-electron chi connectivity index (χ3n) is 3.30. The van der Waals surface area contributed by atoms with E-state index in [4.69, 9.17) is 4.74 Å². The molecule has 1 aliphatic rings. The highest BCUT2D eigenvalue weighted by atomic mass is 19.4. The third kappa shape index (κ3) is 4.73. The molecule has 0 amide bonds. The van der Waals surface area contributed by atoms with Crippen LogP contribution in [0, 0.1) is 0 Å². The molecule has 21 heavy (non-hydrogen) atoms. The topological polar surface area (TPSA) is 59.1 Å². The zero-order chi connectivity index (χ0) is 15.3. The number of hydrogen-bond donors (Lipinski definition) is 2. The molecular formula is C13H19F3N4O. The van der Waals surface area contributed by atoms with Gasteiger partial charge in [0.05, 0.1) is 12.7 Å². The summed E-state index contributed by atoms with van der Waals surface area (Å²) in [4.78, 5) is 6.88. The second-order valence-electron chi connectivity index (χ2n) is 4.91. The molecule has 1 aromatic rings. The van der Waals surface area contributed by atoms with E-state index in [0.29, 0.717) is 13.2 Å². The van der Waals surface area contributed by atoms with Crippen molar-refractivity contribution in [2.45, 2.75) is 38.0 Å². The second-order valence-corrected chi connectivity index (χ2v) is 4.91. The van der Waals surface area contributed by atoms with Crippen LogP contribution in [0.25, 0.3) is 0 Å². The Balaban J connectivity index is 1.89. The predicted octanol–water partition coefficient (Wildman–Crippen LogP) is 2.91. The van der Waals surface area contributed by atoms with E-state index >= 15 is 0 Å². The van der Waals surface area contributed by atoms with Gasteiger partial charge in [0.15, 0.2) is 0 Å². The molecule has 1 aliphatic carbocycles. The van der Waals surface area contributed by atoms with Gasteiger partial charge in [0.25, 0.3) is 0 Å². The summed E-state index contributed by atoms with van der Waals surface area (Å²) in [6.07, 6.45) is 0.222. The maximum atomic E-state index is 12.7. The van der Waals surface area contributed by atoms with Gasteiger partial charge in [0.1, 0.15) is 11.6 Å². The van der Waals surface area contributed by atoms with E-state index in [1.165, 1.54) is 26.0 Å². The molecule has 0 unspecified atom stereocenters. The van der Waals surface area contributed by atoms with Gasteiger partial charge < -0.3 is 15.4 Å². The fraction of sp³-hybridized carbons (Fsp3) is 0.692. The van der Waals surface area contributed by atoms with Crippen LogP contribution in [0.5, 0.6) is 0 Å². The van der Waals surface area contributed by atoms with Crippen molar-refractivity contribution in [1.29, 1.82) is 0 Å². The van der Waals surface area contributed by atoms with E-state index in [-0.39, 0.29) is 17.7 Å². The first-order valence-corrected chi connectivity index (χ1v) is 6.98. The molecule has 2 rings (SSSR count). The van der Waals surface area contributed by atoms with E-state index in [9.17, 15) is 13.2 Å². The molecule has 0 radical (unpaired) electrons. The summed E-state index contributed by atoms with van der Waals surface area (Å²) in [6.45, 7) is 0.860. The van der Waals surface area contributed by atoms with Crippen molar-refractivity contribution in [3.05, 3.63) is 11.9 Å². The molecule has 8 heteroatoms. The number of rotatable bonds is 6. The normalized spacial score (nSPS) is 16.2. The van der Waals surface area contributed by atoms with Gasteiger partial charge in [-0.15, -0.1) is 0 Å². The Morgan fingerprint density at radius 3 is 2.52 bits per heavy atom. The lowest BCUT2D eigenvalue weighted by Crippen LogP contribution is -2.18. The highest BCUT2D eigenvalue weighted by molar-refractivity contribution is 5.47. The molecule has 1 heterocycles. The van der Waals surface area contributed by atoms with Crippen LogP contribution in [0.1, 0.15) is 31.5 Å². The van der Waals surface area contributed by atoms with Gasteiger partial charge in [-0.1, -0.05) is 12.8 Å². The summed E-state index contributed by atoms with van der Waals surface area (Å²) in [5.74, 6) is -0.901. The Kier molecular flexibility index (Phi) is 5.22. The predicted molar refractivity (Wildman–Crippen MR) is 73.3 cm³/mol. The first-order valence-electron chi connectivity index (χ1n) is 6.98. The molecule has 0 bridgehead atoms. The molecule has 5 nitrogen and oxygen atoms in total. The summed E-state index contributed by atoms with van der Waals surface area (Å²) in [7, 11) is 1.51. The van der Waals surface area contributed by atoms with Crippen molar-refractivity contribution in [2.75, 3.05) is 30.8 Å². The zero-order valence-corrected chi connectivity index (χ0v) is 11.8. The van der Waals surface area contributed by atoms with Crippen LogP contribution in [-0.2, 0) is 10.9 Å². The van der Waals surface area contributed by atoms with Crippen LogP contribution in [0.3, 0.4) is 0 Å². The van der Waals surface area contributed by atoms with Gasteiger partial charge in [-0.3, -0.25) is 0 Å². The Hall–Kier alpha value is -1.57. The molecule has 1 fully saturated rings. The quantitative estimate of drug-likeness (QED) is 0.791. The number of hydrogen-bond acceptors (Lipinski definition) is 5. The maximum Gasteiger partial charge on any atom is 0.451 e. The van der Waals surface area contributed by atoms with E-state index < -0.39 is 12.0 Å². The number of alkyl halides is 3. The molecule has 1 aromatic heterocycles. The Morgan fingerprint density at radius 1 is 1.24 bits per heavy atom. The van der Waals surface area contributed by atoms with Gasteiger partial charge in [-0.05, 0) is 12.8 Å². The van der Waals surface area contributed by atoms with Crippen molar-refractivity contribution in [2.24, 2.45) is 0 Å². The first-order chi connectivity index (χ1) is 9.99. The molecule has 1 saturated carbocycles. The fourth-order valence-electron chi connectivity index (χ4n) is 2.25. The first kappa shape index (κ1) is 15.8. The maximum absolute atomic E-state index is 12.7. The molecule has 0 aromatic carbocycles. The van der Waals surface area contributed by atoms with Crippen LogP contribution in [-0.4, -0.2) is 36.3 Å². The van der Waals surface area contributed by atoms with Gasteiger partial charge in [-0.2, -0.15) is 13.2 Å². The van der Waals surface area contributed by atoms with Gasteiger partial charge in [0, 0.05) is 19.7 Å². The summed E-state index contributed by atoms with van der Waals surface area (Å²) < 4.78 is 43.7. The van der Waals surface area contributed by atoms with E-state index in [2.05, 4.69) is 20.6 Å². The van der Waals surface area contributed by atoms with Gasteiger partial charge >= 0.3 is 6.18 Å². The summed E-state index contributed by atoms with van der Waals surface area (Å²) in [5.41, 5.74) is 0. The van der Waals surface area contributed by atoms with Gasteiger partial charge in [-0.25, -0.2) is 9.97 Å². The van der Waals surface area contributed by atoms with Crippen molar-refractivity contribution in [3.8, 4) is 0 Å². The molecule has 2 N–H and O–H groups in total. The van der Waals surface area contributed by atoms with Crippen molar-refractivity contribution in [1.82, 2.24) is 9.97 Å². The lowest BCUT2D eigenvalue weighted by Gasteiger charge is -2.13. The lowest BCUT2D eigenvalue weighted by atomic mass is 10.3. The van der Waals surface area contributed by atoms with Crippen LogP contribution >= 0.6 is 0 Å². The standard InChI is InChI=1S/C13H19F3N4O/c1-17-10-8-11(20-12(19-10)13(14,15)16)18-6-7-21-9-4-2-3-5-9/h8-9H,2-7H2,1H3,(H2,17,18,19,20).